The number of urea groups is 1. The van der Waals surface area contributed by atoms with Crippen molar-refractivity contribution in [2.75, 3.05) is 0 Å². The Morgan fingerprint density at radius 2 is 2.06 bits per heavy atom. The highest BCUT2D eigenvalue weighted by atomic mass is 16.4. The fraction of sp³-hybridized carbons (Fsp3) is 0.500. The first kappa shape index (κ1) is 14.1. The second-order valence-electron chi connectivity index (χ2n) is 4.09. The SMILES string of the molecule is CC[C@@H](NC(=O)NC(C)c1ccc(C)o1)C(=O)O. The van der Waals surface area contributed by atoms with E-state index in [0.29, 0.717) is 12.2 Å². The third-order valence-corrected chi connectivity index (χ3v) is 2.55. The molecule has 1 aromatic rings. The van der Waals surface area contributed by atoms with Gasteiger partial charge in [0.05, 0.1) is 6.04 Å². The molecule has 1 rings (SSSR count). The van der Waals surface area contributed by atoms with Gasteiger partial charge in [-0.25, -0.2) is 9.59 Å². The molecule has 0 saturated heterocycles. The maximum absolute atomic E-state index is 11.6. The molecule has 1 heterocycles. The molecule has 6 heteroatoms. The van der Waals surface area contributed by atoms with E-state index in [1.165, 1.54) is 0 Å². The third-order valence-electron chi connectivity index (χ3n) is 2.55. The standard InChI is InChI=1S/C12H18N2O4/c1-4-9(11(15)16)14-12(17)13-8(3)10-6-5-7(2)18-10/h5-6,8-9H,4H2,1-3H3,(H,15,16)(H2,13,14,17)/t8?,9-/m1/s1. The predicted molar refractivity (Wildman–Crippen MR) is 65.2 cm³/mol. The highest BCUT2D eigenvalue weighted by Gasteiger charge is 2.19. The summed E-state index contributed by atoms with van der Waals surface area (Å²) in [7, 11) is 0. The number of carboxylic acids is 1. The molecule has 2 amide bonds. The van der Waals surface area contributed by atoms with Crippen LogP contribution in [-0.2, 0) is 4.79 Å². The molecular formula is C12H18N2O4. The van der Waals surface area contributed by atoms with Crippen LogP contribution in [0.25, 0.3) is 0 Å². The van der Waals surface area contributed by atoms with Crippen LogP contribution in [0.5, 0.6) is 0 Å². The number of rotatable bonds is 5. The zero-order valence-electron chi connectivity index (χ0n) is 10.7. The first-order valence-electron chi connectivity index (χ1n) is 5.80. The van der Waals surface area contributed by atoms with E-state index in [4.69, 9.17) is 9.52 Å². The lowest BCUT2D eigenvalue weighted by atomic mass is 10.2. The Morgan fingerprint density at radius 3 is 2.50 bits per heavy atom. The number of amides is 2. The maximum atomic E-state index is 11.6. The Labute approximate surface area is 105 Å². The molecule has 0 radical (unpaired) electrons. The number of carboxylic acid groups (broad SMARTS) is 1. The number of furan rings is 1. The Morgan fingerprint density at radius 1 is 1.39 bits per heavy atom. The Balaban J connectivity index is 2.52. The van der Waals surface area contributed by atoms with Crippen molar-refractivity contribution in [1.82, 2.24) is 10.6 Å². The fourth-order valence-electron chi connectivity index (χ4n) is 1.49. The van der Waals surface area contributed by atoms with E-state index >= 15 is 0 Å². The first-order chi connectivity index (χ1) is 8.43. The van der Waals surface area contributed by atoms with Crippen molar-refractivity contribution in [2.24, 2.45) is 0 Å². The number of aliphatic carboxylic acids is 1. The summed E-state index contributed by atoms with van der Waals surface area (Å²) >= 11 is 0. The highest BCUT2D eigenvalue weighted by Crippen LogP contribution is 2.15. The van der Waals surface area contributed by atoms with Crippen LogP contribution >= 0.6 is 0 Å². The van der Waals surface area contributed by atoms with Gasteiger partial charge in [-0.2, -0.15) is 0 Å². The third kappa shape index (κ3) is 3.80. The molecule has 1 aromatic heterocycles. The minimum Gasteiger partial charge on any atom is -0.480 e. The summed E-state index contributed by atoms with van der Waals surface area (Å²) in [5.41, 5.74) is 0. The van der Waals surface area contributed by atoms with Crippen molar-refractivity contribution >= 4 is 12.0 Å². The van der Waals surface area contributed by atoms with E-state index in [9.17, 15) is 9.59 Å². The zero-order valence-corrected chi connectivity index (χ0v) is 10.7. The van der Waals surface area contributed by atoms with Crippen molar-refractivity contribution in [2.45, 2.75) is 39.3 Å². The smallest absolute Gasteiger partial charge is 0.326 e. The van der Waals surface area contributed by atoms with E-state index < -0.39 is 18.0 Å². The molecule has 2 atom stereocenters. The van der Waals surface area contributed by atoms with Crippen LogP contribution in [0.15, 0.2) is 16.5 Å². The van der Waals surface area contributed by atoms with E-state index in [1.807, 2.05) is 6.92 Å². The summed E-state index contributed by atoms with van der Waals surface area (Å²) in [5, 5.41) is 13.8. The first-order valence-corrected chi connectivity index (χ1v) is 5.80. The lowest BCUT2D eigenvalue weighted by Crippen LogP contribution is -2.46. The average Bonchev–Trinajstić information content (AvgIpc) is 2.72. The summed E-state index contributed by atoms with van der Waals surface area (Å²) in [6, 6.07) is 1.86. The van der Waals surface area contributed by atoms with Gasteiger partial charge in [0.15, 0.2) is 0 Å². The fourth-order valence-corrected chi connectivity index (χ4v) is 1.49. The quantitative estimate of drug-likeness (QED) is 0.747. The second kappa shape index (κ2) is 6.09. The van der Waals surface area contributed by atoms with Gasteiger partial charge in [-0.3, -0.25) is 0 Å². The molecule has 0 aliphatic heterocycles. The largest absolute Gasteiger partial charge is 0.480 e. The number of carbonyl (C=O) groups is 2. The van der Waals surface area contributed by atoms with Crippen LogP contribution in [0.4, 0.5) is 4.79 Å². The monoisotopic (exact) mass is 254 g/mol. The number of nitrogens with one attached hydrogen (secondary N) is 2. The number of carbonyl (C=O) groups excluding carboxylic acids is 1. The van der Waals surface area contributed by atoms with Gasteiger partial charge in [0, 0.05) is 0 Å². The molecule has 0 spiro atoms. The van der Waals surface area contributed by atoms with Crippen molar-refractivity contribution in [3.05, 3.63) is 23.7 Å². The molecular weight excluding hydrogens is 236 g/mol. The zero-order chi connectivity index (χ0) is 13.7. The number of aryl methyl sites for hydroxylation is 1. The van der Waals surface area contributed by atoms with Crippen LogP contribution in [0, 0.1) is 6.92 Å². The lowest BCUT2D eigenvalue weighted by Gasteiger charge is -2.16. The van der Waals surface area contributed by atoms with Gasteiger partial charge >= 0.3 is 12.0 Å². The van der Waals surface area contributed by atoms with Crippen LogP contribution in [-0.4, -0.2) is 23.1 Å². The van der Waals surface area contributed by atoms with E-state index in [2.05, 4.69) is 10.6 Å². The van der Waals surface area contributed by atoms with Crippen molar-refractivity contribution < 1.29 is 19.1 Å². The second-order valence-corrected chi connectivity index (χ2v) is 4.09. The van der Waals surface area contributed by atoms with Gasteiger partial charge in [0.25, 0.3) is 0 Å². The predicted octanol–water partition coefficient (Wildman–Crippen LogP) is 1.81. The van der Waals surface area contributed by atoms with E-state index in [-0.39, 0.29) is 6.04 Å². The summed E-state index contributed by atoms with van der Waals surface area (Å²) < 4.78 is 5.37. The molecule has 0 aromatic carbocycles. The molecule has 0 fully saturated rings. The van der Waals surface area contributed by atoms with Gasteiger partial charge in [0.1, 0.15) is 17.6 Å². The van der Waals surface area contributed by atoms with Gasteiger partial charge in [0.2, 0.25) is 0 Å². The van der Waals surface area contributed by atoms with Gasteiger partial charge in [-0.15, -0.1) is 0 Å². The van der Waals surface area contributed by atoms with Crippen molar-refractivity contribution in [1.29, 1.82) is 0 Å². The molecule has 0 aliphatic rings. The summed E-state index contributed by atoms with van der Waals surface area (Å²) in [6.07, 6.45) is 0.330. The van der Waals surface area contributed by atoms with E-state index in [0.717, 1.165) is 5.76 Å². The maximum Gasteiger partial charge on any atom is 0.326 e. The van der Waals surface area contributed by atoms with Gasteiger partial charge in [-0.1, -0.05) is 6.92 Å². The molecule has 3 N–H and O–H groups in total. The number of hydrogen-bond donors (Lipinski definition) is 3. The molecule has 100 valence electrons. The van der Waals surface area contributed by atoms with Crippen LogP contribution in [0.3, 0.4) is 0 Å². The molecule has 1 unspecified atom stereocenters. The van der Waals surface area contributed by atoms with Crippen molar-refractivity contribution in [3.8, 4) is 0 Å². The molecule has 18 heavy (non-hydrogen) atoms. The van der Waals surface area contributed by atoms with Gasteiger partial charge < -0.3 is 20.2 Å². The highest BCUT2D eigenvalue weighted by molar-refractivity contribution is 5.82. The summed E-state index contributed by atoms with van der Waals surface area (Å²) in [6.45, 7) is 5.27. The van der Waals surface area contributed by atoms with Crippen molar-refractivity contribution in [3.63, 3.8) is 0 Å². The average molecular weight is 254 g/mol. The molecule has 0 saturated carbocycles. The lowest BCUT2D eigenvalue weighted by molar-refractivity contribution is -0.139. The summed E-state index contributed by atoms with van der Waals surface area (Å²) in [4.78, 5) is 22.3. The molecule has 6 nitrogen and oxygen atoms in total. The van der Waals surface area contributed by atoms with Crippen LogP contribution in [0.2, 0.25) is 0 Å². The number of hydrogen-bond acceptors (Lipinski definition) is 3. The topological polar surface area (TPSA) is 91.6 Å². The summed E-state index contributed by atoms with van der Waals surface area (Å²) in [5.74, 6) is 0.344. The Hall–Kier alpha value is -1.98. The minimum absolute atomic E-state index is 0.315. The van der Waals surface area contributed by atoms with Crippen LogP contribution in [0.1, 0.15) is 37.8 Å². The molecule has 0 bridgehead atoms. The Bertz CT molecular complexity index is 427. The normalized spacial score (nSPS) is 13.7. The van der Waals surface area contributed by atoms with E-state index in [1.54, 1.807) is 26.0 Å². The van der Waals surface area contributed by atoms with Crippen LogP contribution < -0.4 is 10.6 Å². The minimum atomic E-state index is -1.05. The Kier molecular flexibility index (Phi) is 4.76. The van der Waals surface area contributed by atoms with Gasteiger partial charge in [-0.05, 0) is 32.4 Å². The molecule has 0 aliphatic carbocycles.